The van der Waals surface area contributed by atoms with Gasteiger partial charge in [-0.2, -0.15) is 0 Å². The lowest BCUT2D eigenvalue weighted by Gasteiger charge is -2.04. The van der Waals surface area contributed by atoms with Gasteiger partial charge in [0.2, 0.25) is 0 Å². The average molecular weight is 339 g/mol. The molecule has 22 heavy (non-hydrogen) atoms. The summed E-state index contributed by atoms with van der Waals surface area (Å²) >= 11 is 0. The summed E-state index contributed by atoms with van der Waals surface area (Å²) in [7, 11) is 0. The largest absolute Gasteiger partial charge is 0.478 e. The predicted octanol–water partition coefficient (Wildman–Crippen LogP) is 4.23. The Bertz CT molecular complexity index is 801. The van der Waals surface area contributed by atoms with Crippen LogP contribution in [0.3, 0.4) is 0 Å². The van der Waals surface area contributed by atoms with Crippen LogP contribution < -0.4 is 0 Å². The lowest BCUT2D eigenvalue weighted by molar-refractivity contribution is 0.0686. The van der Waals surface area contributed by atoms with Crippen LogP contribution in [-0.4, -0.2) is 22.2 Å². The highest BCUT2D eigenvalue weighted by molar-refractivity contribution is 6.03. The number of carboxylic acids is 2. The van der Waals surface area contributed by atoms with Gasteiger partial charge in [-0.1, -0.05) is 12.1 Å². The molecule has 4 nitrogen and oxygen atoms in total. The first-order chi connectivity index (χ1) is 9.54. The Morgan fingerprint density at radius 3 is 1.27 bits per heavy atom. The molecule has 0 aliphatic carbocycles. The fourth-order valence-corrected chi connectivity index (χ4v) is 2.26. The molecular formula is C16H12Cl2O4. The molecule has 3 aromatic carbocycles. The molecule has 0 aliphatic heterocycles. The smallest absolute Gasteiger partial charge is 0.335 e. The van der Waals surface area contributed by atoms with E-state index in [1.165, 1.54) is 12.1 Å². The Hall–Kier alpha value is -2.30. The van der Waals surface area contributed by atoms with Crippen molar-refractivity contribution in [2.75, 3.05) is 0 Å². The normalized spacial score (nSPS) is 9.82. The topological polar surface area (TPSA) is 74.6 Å². The third-order valence-electron chi connectivity index (χ3n) is 3.29. The number of hydrogen-bond acceptors (Lipinski definition) is 2. The summed E-state index contributed by atoms with van der Waals surface area (Å²) in [6.07, 6.45) is 0. The molecule has 0 radical (unpaired) electrons. The summed E-state index contributed by atoms with van der Waals surface area (Å²) in [6.45, 7) is 0. The molecule has 114 valence electrons. The zero-order valence-electron chi connectivity index (χ0n) is 11.1. The molecule has 2 N–H and O–H groups in total. The highest BCUT2D eigenvalue weighted by Gasteiger charge is 2.07. The van der Waals surface area contributed by atoms with Crippen molar-refractivity contribution in [1.82, 2.24) is 0 Å². The Balaban J connectivity index is 0.00000121. The second-order valence-electron chi connectivity index (χ2n) is 4.59. The summed E-state index contributed by atoms with van der Waals surface area (Å²) in [5, 5.41) is 21.4. The molecule has 6 heteroatoms. The maximum Gasteiger partial charge on any atom is 0.335 e. The van der Waals surface area contributed by atoms with Crippen LogP contribution in [0, 0.1) is 0 Å². The van der Waals surface area contributed by atoms with E-state index in [0.29, 0.717) is 0 Å². The Morgan fingerprint density at radius 2 is 0.955 bits per heavy atom. The van der Waals surface area contributed by atoms with Gasteiger partial charge in [0.05, 0.1) is 11.1 Å². The van der Waals surface area contributed by atoms with E-state index in [1.54, 1.807) is 24.3 Å². The monoisotopic (exact) mass is 338 g/mol. The van der Waals surface area contributed by atoms with Gasteiger partial charge in [-0.3, -0.25) is 0 Å². The van der Waals surface area contributed by atoms with Crippen molar-refractivity contribution in [3.63, 3.8) is 0 Å². The van der Waals surface area contributed by atoms with Crippen LogP contribution in [0.25, 0.3) is 21.5 Å². The van der Waals surface area contributed by atoms with Crippen molar-refractivity contribution in [2.24, 2.45) is 0 Å². The molecule has 0 unspecified atom stereocenters. The van der Waals surface area contributed by atoms with E-state index in [2.05, 4.69) is 0 Å². The Morgan fingerprint density at radius 1 is 0.591 bits per heavy atom. The van der Waals surface area contributed by atoms with E-state index in [-0.39, 0.29) is 35.9 Å². The lowest BCUT2D eigenvalue weighted by atomic mass is 10.0. The van der Waals surface area contributed by atoms with Crippen LogP contribution in [0.15, 0.2) is 48.5 Å². The lowest BCUT2D eigenvalue weighted by Crippen LogP contribution is -1.96. The summed E-state index contributed by atoms with van der Waals surface area (Å²) in [5.41, 5.74) is 0.470. The number of carboxylic acid groups (broad SMARTS) is 2. The van der Waals surface area contributed by atoms with Gasteiger partial charge in [0.25, 0.3) is 0 Å². The molecule has 0 aromatic heterocycles. The third-order valence-corrected chi connectivity index (χ3v) is 3.29. The summed E-state index contributed by atoms with van der Waals surface area (Å²) in [4.78, 5) is 21.9. The highest BCUT2D eigenvalue weighted by atomic mass is 35.5. The number of hydrogen-bond donors (Lipinski definition) is 2. The predicted molar refractivity (Wildman–Crippen MR) is 89.9 cm³/mol. The van der Waals surface area contributed by atoms with Crippen LogP contribution in [-0.2, 0) is 0 Å². The van der Waals surface area contributed by atoms with Crippen molar-refractivity contribution in [3.05, 3.63) is 59.7 Å². The first-order valence-electron chi connectivity index (χ1n) is 5.99. The molecule has 0 saturated carbocycles. The standard InChI is InChI=1S/C16H10O4.2ClH/c17-15(18)11-3-1-9-5-14-8-12(16(19)20)4-2-10(14)6-13(9)7-11;;/h1-8H,(H,17,18)(H,19,20);2*1H. The molecule has 0 heterocycles. The molecule has 3 rings (SSSR count). The van der Waals surface area contributed by atoms with E-state index in [9.17, 15) is 9.59 Å². The molecule has 0 bridgehead atoms. The molecule has 0 aliphatic rings. The van der Waals surface area contributed by atoms with E-state index in [0.717, 1.165) is 21.5 Å². The number of rotatable bonds is 2. The van der Waals surface area contributed by atoms with E-state index >= 15 is 0 Å². The minimum atomic E-state index is -0.965. The molecule has 3 aromatic rings. The maximum atomic E-state index is 11.0. The van der Waals surface area contributed by atoms with Gasteiger partial charge in [-0.05, 0) is 57.9 Å². The minimum Gasteiger partial charge on any atom is -0.478 e. The van der Waals surface area contributed by atoms with Crippen molar-refractivity contribution < 1.29 is 19.8 Å². The summed E-state index contributed by atoms with van der Waals surface area (Å²) < 4.78 is 0. The zero-order valence-corrected chi connectivity index (χ0v) is 12.8. The van der Waals surface area contributed by atoms with Crippen LogP contribution in [0.1, 0.15) is 20.7 Å². The molecule has 0 fully saturated rings. The number of fused-ring (bicyclic) bond motifs is 2. The van der Waals surface area contributed by atoms with E-state index in [1.807, 2.05) is 12.1 Å². The highest BCUT2D eigenvalue weighted by Crippen LogP contribution is 2.25. The molecule has 0 atom stereocenters. The maximum absolute atomic E-state index is 11.0. The number of aromatic carboxylic acids is 2. The number of carbonyl (C=O) groups is 2. The van der Waals surface area contributed by atoms with Gasteiger partial charge >= 0.3 is 11.9 Å². The summed E-state index contributed by atoms with van der Waals surface area (Å²) in [5.74, 6) is -1.93. The van der Waals surface area contributed by atoms with Crippen molar-refractivity contribution >= 4 is 58.3 Å². The fraction of sp³-hybridized carbons (Fsp3) is 0. The molecule has 0 spiro atoms. The Labute approximate surface area is 138 Å². The average Bonchev–Trinajstić information content (AvgIpc) is 2.43. The van der Waals surface area contributed by atoms with Gasteiger partial charge in [0.1, 0.15) is 0 Å². The molecule has 0 saturated heterocycles. The van der Waals surface area contributed by atoms with Crippen molar-refractivity contribution in [3.8, 4) is 0 Å². The quantitative estimate of drug-likeness (QED) is 0.685. The first-order valence-corrected chi connectivity index (χ1v) is 5.99. The number of halogens is 2. The van der Waals surface area contributed by atoms with Crippen LogP contribution >= 0.6 is 24.8 Å². The van der Waals surface area contributed by atoms with Gasteiger partial charge in [-0.25, -0.2) is 9.59 Å². The van der Waals surface area contributed by atoms with Crippen molar-refractivity contribution in [1.29, 1.82) is 0 Å². The summed E-state index contributed by atoms with van der Waals surface area (Å²) in [6, 6.07) is 13.5. The zero-order chi connectivity index (χ0) is 14.3. The van der Waals surface area contributed by atoms with Crippen LogP contribution in [0.5, 0.6) is 0 Å². The number of benzene rings is 3. The van der Waals surface area contributed by atoms with Crippen molar-refractivity contribution in [2.45, 2.75) is 0 Å². The second-order valence-corrected chi connectivity index (χ2v) is 4.59. The van der Waals surface area contributed by atoms with Gasteiger partial charge in [0.15, 0.2) is 0 Å². The third kappa shape index (κ3) is 3.13. The van der Waals surface area contributed by atoms with Gasteiger partial charge in [0, 0.05) is 0 Å². The Kier molecular flexibility index (Phi) is 5.36. The first kappa shape index (κ1) is 17.8. The minimum absolute atomic E-state index is 0. The van der Waals surface area contributed by atoms with Gasteiger partial charge < -0.3 is 10.2 Å². The fourth-order valence-electron chi connectivity index (χ4n) is 2.26. The van der Waals surface area contributed by atoms with E-state index < -0.39 is 11.9 Å². The molecular weight excluding hydrogens is 327 g/mol. The van der Waals surface area contributed by atoms with Gasteiger partial charge in [-0.15, -0.1) is 24.8 Å². The van der Waals surface area contributed by atoms with Crippen LogP contribution in [0.2, 0.25) is 0 Å². The second kappa shape index (κ2) is 6.64. The van der Waals surface area contributed by atoms with Crippen LogP contribution in [0.4, 0.5) is 0 Å². The molecule has 0 amide bonds. The SMILES string of the molecule is Cl.Cl.O=C(O)c1ccc2cc3cc(C(=O)O)ccc3cc2c1. The van der Waals surface area contributed by atoms with E-state index in [4.69, 9.17) is 10.2 Å².